The summed E-state index contributed by atoms with van der Waals surface area (Å²) in [6.07, 6.45) is 0.727. The van der Waals surface area contributed by atoms with E-state index < -0.39 is 0 Å². The molecule has 1 N–H and O–H groups in total. The minimum absolute atomic E-state index is 0.0433. The zero-order valence-corrected chi connectivity index (χ0v) is 10.8. The zero-order chi connectivity index (χ0) is 13.1. The normalized spacial score (nSPS) is 14.7. The minimum Gasteiger partial charge on any atom is -0.493 e. The lowest BCUT2D eigenvalue weighted by molar-refractivity contribution is 0.0993. The van der Waals surface area contributed by atoms with E-state index in [1.807, 2.05) is 0 Å². The van der Waals surface area contributed by atoms with Crippen molar-refractivity contribution in [3.05, 3.63) is 17.2 Å². The molecule has 0 fully saturated rings. The topological polar surface area (TPSA) is 56.8 Å². The van der Waals surface area contributed by atoms with Crippen molar-refractivity contribution in [2.45, 2.75) is 6.42 Å². The van der Waals surface area contributed by atoms with E-state index in [4.69, 9.17) is 14.2 Å². The van der Waals surface area contributed by atoms with Crippen LogP contribution in [0.3, 0.4) is 0 Å². The van der Waals surface area contributed by atoms with E-state index >= 15 is 0 Å². The molecule has 18 heavy (non-hydrogen) atoms. The van der Waals surface area contributed by atoms with Crippen LogP contribution in [0.1, 0.15) is 15.9 Å². The summed E-state index contributed by atoms with van der Waals surface area (Å²) in [4.78, 5) is 12.0. The molecular weight excluding hydrogens is 234 g/mol. The third-order valence-electron chi connectivity index (χ3n) is 3.07. The number of hydrogen-bond donors (Lipinski definition) is 1. The van der Waals surface area contributed by atoms with Crippen LogP contribution in [0.5, 0.6) is 17.2 Å². The Morgan fingerprint density at radius 3 is 2.44 bits per heavy atom. The summed E-state index contributed by atoms with van der Waals surface area (Å²) in [6.45, 7) is 1.08. The fourth-order valence-electron chi connectivity index (χ4n) is 2.22. The molecule has 0 saturated heterocycles. The van der Waals surface area contributed by atoms with E-state index in [1.165, 1.54) is 0 Å². The molecule has 0 atom stereocenters. The molecule has 1 aliphatic rings. The van der Waals surface area contributed by atoms with Crippen LogP contribution in [0, 0.1) is 0 Å². The van der Waals surface area contributed by atoms with Crippen molar-refractivity contribution >= 4 is 5.78 Å². The van der Waals surface area contributed by atoms with Gasteiger partial charge in [0.1, 0.15) is 0 Å². The Bertz CT molecular complexity index is 471. The van der Waals surface area contributed by atoms with Crippen molar-refractivity contribution in [3.63, 3.8) is 0 Å². The smallest absolute Gasteiger partial charge is 0.203 e. The Hall–Kier alpha value is -1.75. The highest BCUT2D eigenvalue weighted by Crippen LogP contribution is 2.42. The molecule has 0 unspecified atom stereocenters. The molecule has 5 heteroatoms. The summed E-state index contributed by atoms with van der Waals surface area (Å²) in [6, 6.07) is 1.73. The molecule has 98 valence electrons. The molecular formula is C13H17NO4. The van der Waals surface area contributed by atoms with E-state index in [-0.39, 0.29) is 5.78 Å². The first-order valence-electron chi connectivity index (χ1n) is 5.78. The Labute approximate surface area is 106 Å². The van der Waals surface area contributed by atoms with E-state index in [9.17, 15) is 4.79 Å². The first-order valence-corrected chi connectivity index (χ1v) is 5.78. The zero-order valence-electron chi connectivity index (χ0n) is 10.8. The Balaban J connectivity index is 2.67. The van der Waals surface area contributed by atoms with Crippen molar-refractivity contribution in [2.75, 3.05) is 34.4 Å². The van der Waals surface area contributed by atoms with Gasteiger partial charge in [0, 0.05) is 11.1 Å². The number of fused-ring (bicyclic) bond motifs is 1. The van der Waals surface area contributed by atoms with Crippen molar-refractivity contribution in [2.24, 2.45) is 0 Å². The number of carbonyl (C=O) groups is 1. The van der Waals surface area contributed by atoms with Gasteiger partial charge in [0.05, 0.1) is 27.9 Å². The molecule has 5 nitrogen and oxygen atoms in total. The predicted molar refractivity (Wildman–Crippen MR) is 67.0 cm³/mol. The highest BCUT2D eigenvalue weighted by atomic mass is 16.5. The van der Waals surface area contributed by atoms with Crippen molar-refractivity contribution < 1.29 is 19.0 Å². The SMILES string of the molecule is COc1cc2c(c(OC)c1OC)CCNCC2=O. The molecule has 1 heterocycles. The second-order valence-corrected chi connectivity index (χ2v) is 4.02. The molecule has 1 aliphatic heterocycles. The van der Waals surface area contributed by atoms with Crippen molar-refractivity contribution in [1.82, 2.24) is 5.32 Å². The second kappa shape index (κ2) is 5.27. The fraction of sp³-hybridized carbons (Fsp3) is 0.462. The molecule has 1 aromatic rings. The monoisotopic (exact) mass is 251 g/mol. The van der Waals surface area contributed by atoms with Crippen molar-refractivity contribution in [1.29, 1.82) is 0 Å². The average Bonchev–Trinajstić information content (AvgIpc) is 2.58. The molecule has 0 aromatic heterocycles. The first-order chi connectivity index (χ1) is 8.72. The van der Waals surface area contributed by atoms with Gasteiger partial charge in [-0.3, -0.25) is 4.79 Å². The van der Waals surface area contributed by atoms with Gasteiger partial charge < -0.3 is 19.5 Å². The number of rotatable bonds is 3. The van der Waals surface area contributed by atoms with Gasteiger partial charge in [0.15, 0.2) is 17.3 Å². The number of benzene rings is 1. The lowest BCUT2D eigenvalue weighted by Gasteiger charge is -2.17. The molecule has 0 radical (unpaired) electrons. The van der Waals surface area contributed by atoms with Gasteiger partial charge in [-0.05, 0) is 19.0 Å². The van der Waals surface area contributed by atoms with Crippen LogP contribution in [0.15, 0.2) is 6.07 Å². The summed E-state index contributed by atoms with van der Waals surface area (Å²) in [5.41, 5.74) is 1.53. The van der Waals surface area contributed by atoms with Gasteiger partial charge in [-0.2, -0.15) is 0 Å². The molecule has 0 spiro atoms. The Morgan fingerprint density at radius 1 is 1.11 bits per heavy atom. The van der Waals surface area contributed by atoms with Crippen LogP contribution in [-0.2, 0) is 6.42 Å². The van der Waals surface area contributed by atoms with Crippen LogP contribution in [-0.4, -0.2) is 40.2 Å². The Morgan fingerprint density at radius 2 is 1.83 bits per heavy atom. The number of carbonyl (C=O) groups excluding carboxylic acids is 1. The summed E-state index contributed by atoms with van der Waals surface area (Å²) in [5.74, 6) is 1.68. The maximum atomic E-state index is 12.0. The van der Waals surface area contributed by atoms with E-state index in [2.05, 4.69) is 5.32 Å². The highest BCUT2D eigenvalue weighted by molar-refractivity contribution is 6.01. The number of methoxy groups -OCH3 is 3. The standard InChI is InChI=1S/C13H17NO4/c1-16-11-6-9-8(4-5-14-7-10(9)15)12(17-2)13(11)18-3/h6,14H,4-5,7H2,1-3H3. The largest absolute Gasteiger partial charge is 0.493 e. The molecule has 1 aromatic carbocycles. The van der Waals surface area contributed by atoms with Crippen LogP contribution >= 0.6 is 0 Å². The number of ketones is 1. The quantitative estimate of drug-likeness (QED) is 0.870. The maximum Gasteiger partial charge on any atom is 0.203 e. The summed E-state index contributed by atoms with van der Waals surface area (Å²) < 4.78 is 16.0. The Kier molecular flexibility index (Phi) is 3.72. The van der Waals surface area contributed by atoms with Crippen molar-refractivity contribution in [3.8, 4) is 17.2 Å². The van der Waals surface area contributed by atoms with Gasteiger partial charge >= 0.3 is 0 Å². The average molecular weight is 251 g/mol. The summed E-state index contributed by atoms with van der Waals surface area (Å²) >= 11 is 0. The van der Waals surface area contributed by atoms with Gasteiger partial charge in [-0.1, -0.05) is 0 Å². The van der Waals surface area contributed by atoms with E-state index in [1.54, 1.807) is 27.4 Å². The molecule has 2 rings (SSSR count). The lowest BCUT2D eigenvalue weighted by atomic mass is 9.99. The van der Waals surface area contributed by atoms with Gasteiger partial charge in [-0.15, -0.1) is 0 Å². The third-order valence-corrected chi connectivity index (χ3v) is 3.07. The second-order valence-electron chi connectivity index (χ2n) is 4.02. The number of Topliss-reactive ketones (excluding diaryl/α,β-unsaturated/α-hetero) is 1. The minimum atomic E-state index is 0.0433. The lowest BCUT2D eigenvalue weighted by Crippen LogP contribution is -2.21. The fourth-order valence-corrected chi connectivity index (χ4v) is 2.22. The van der Waals surface area contributed by atoms with Crippen LogP contribution in [0.25, 0.3) is 0 Å². The summed E-state index contributed by atoms with van der Waals surface area (Å²) in [5, 5.41) is 3.08. The van der Waals surface area contributed by atoms with Crippen LogP contribution in [0.4, 0.5) is 0 Å². The van der Waals surface area contributed by atoms with E-state index in [0.717, 1.165) is 18.5 Å². The predicted octanol–water partition coefficient (Wildman–Crippen LogP) is 1.04. The van der Waals surface area contributed by atoms with Crippen LogP contribution < -0.4 is 19.5 Å². The number of ether oxygens (including phenoxy) is 3. The number of hydrogen-bond acceptors (Lipinski definition) is 5. The first kappa shape index (κ1) is 12.7. The molecule has 0 bridgehead atoms. The van der Waals surface area contributed by atoms with Gasteiger partial charge in [0.2, 0.25) is 5.75 Å². The highest BCUT2D eigenvalue weighted by Gasteiger charge is 2.25. The van der Waals surface area contributed by atoms with Crippen LogP contribution in [0.2, 0.25) is 0 Å². The van der Waals surface area contributed by atoms with Gasteiger partial charge in [-0.25, -0.2) is 0 Å². The summed E-state index contributed by atoms with van der Waals surface area (Å²) in [7, 11) is 4.67. The molecule has 0 saturated carbocycles. The molecule has 0 amide bonds. The third kappa shape index (κ3) is 2.01. The number of nitrogens with one attached hydrogen (secondary N) is 1. The van der Waals surface area contributed by atoms with Gasteiger partial charge in [0.25, 0.3) is 0 Å². The molecule has 0 aliphatic carbocycles. The maximum absolute atomic E-state index is 12.0. The van der Waals surface area contributed by atoms with E-state index in [0.29, 0.717) is 29.4 Å².